The molecule has 2 rings (SSSR count). The Labute approximate surface area is 126 Å². The summed E-state index contributed by atoms with van der Waals surface area (Å²) < 4.78 is 26.2. The summed E-state index contributed by atoms with van der Waals surface area (Å²) in [7, 11) is 0. The van der Waals surface area contributed by atoms with Crippen LogP contribution in [0.5, 0.6) is 0 Å². The zero-order valence-corrected chi connectivity index (χ0v) is 11.9. The molecule has 0 spiro atoms. The summed E-state index contributed by atoms with van der Waals surface area (Å²) in [5.74, 6) is -4.02. The second-order valence-electron chi connectivity index (χ2n) is 4.08. The number of aromatic carboxylic acids is 1. The third kappa shape index (κ3) is 3.43. The average Bonchev–Trinajstić information content (AvgIpc) is 2.43. The van der Waals surface area contributed by atoms with Crippen molar-refractivity contribution < 1.29 is 23.5 Å². The summed E-state index contributed by atoms with van der Waals surface area (Å²) in [6.07, 6.45) is 0. The molecule has 0 aliphatic carbocycles. The van der Waals surface area contributed by atoms with Crippen molar-refractivity contribution in [1.29, 1.82) is 0 Å². The molecule has 0 radical (unpaired) electrons. The van der Waals surface area contributed by atoms with Gasteiger partial charge >= 0.3 is 5.97 Å². The van der Waals surface area contributed by atoms with Gasteiger partial charge in [-0.15, -0.1) is 0 Å². The highest BCUT2D eigenvalue weighted by Gasteiger charge is 2.13. The molecule has 108 valence electrons. The van der Waals surface area contributed by atoms with Gasteiger partial charge < -0.3 is 10.4 Å². The first-order valence-corrected chi connectivity index (χ1v) is 6.47. The number of rotatable bonds is 3. The van der Waals surface area contributed by atoms with E-state index in [9.17, 15) is 18.4 Å². The van der Waals surface area contributed by atoms with Crippen molar-refractivity contribution in [3.63, 3.8) is 0 Å². The second kappa shape index (κ2) is 6.01. The number of carbonyl (C=O) groups is 2. The van der Waals surface area contributed by atoms with Crippen LogP contribution in [-0.4, -0.2) is 17.0 Å². The Morgan fingerprint density at radius 1 is 1.05 bits per heavy atom. The number of nitrogens with one attached hydrogen (secondary N) is 1. The zero-order chi connectivity index (χ0) is 15.6. The van der Waals surface area contributed by atoms with Gasteiger partial charge in [-0.05, 0) is 52.3 Å². The molecule has 2 aromatic carbocycles. The first-order chi connectivity index (χ1) is 9.88. The monoisotopic (exact) mass is 355 g/mol. The Kier molecular flexibility index (Phi) is 4.32. The van der Waals surface area contributed by atoms with Crippen LogP contribution in [0.15, 0.2) is 40.9 Å². The van der Waals surface area contributed by atoms with Crippen LogP contribution < -0.4 is 5.32 Å². The van der Waals surface area contributed by atoms with Crippen LogP contribution in [0.3, 0.4) is 0 Å². The molecule has 4 nitrogen and oxygen atoms in total. The predicted molar refractivity (Wildman–Crippen MR) is 75.4 cm³/mol. The highest BCUT2D eigenvalue weighted by atomic mass is 79.9. The first-order valence-electron chi connectivity index (χ1n) is 5.67. The molecule has 0 bridgehead atoms. The Morgan fingerprint density at radius 2 is 1.76 bits per heavy atom. The molecule has 7 heteroatoms. The lowest BCUT2D eigenvalue weighted by molar-refractivity contribution is 0.0695. The fraction of sp³-hybridized carbons (Fsp3) is 0. The summed E-state index contributed by atoms with van der Waals surface area (Å²) in [6.45, 7) is 0. The van der Waals surface area contributed by atoms with Crippen LogP contribution in [0.25, 0.3) is 0 Å². The summed E-state index contributed by atoms with van der Waals surface area (Å²) in [5, 5.41) is 11.4. The quantitative estimate of drug-likeness (QED) is 0.882. The standard InChI is InChI=1S/C14H8BrF2NO3/c15-10-3-2-8(6-9(10)14(20)21)18-13(19)7-1-4-11(16)12(17)5-7/h1-6H,(H,18,19)(H,20,21). The molecule has 0 aromatic heterocycles. The van der Waals surface area contributed by atoms with Crippen molar-refractivity contribution >= 4 is 33.5 Å². The number of carboxylic acids is 1. The number of halogens is 3. The van der Waals surface area contributed by atoms with E-state index in [2.05, 4.69) is 21.2 Å². The van der Waals surface area contributed by atoms with Gasteiger partial charge in [-0.25, -0.2) is 13.6 Å². The van der Waals surface area contributed by atoms with Gasteiger partial charge in [0.1, 0.15) is 0 Å². The van der Waals surface area contributed by atoms with E-state index in [-0.39, 0.29) is 16.8 Å². The highest BCUT2D eigenvalue weighted by molar-refractivity contribution is 9.10. The summed E-state index contributed by atoms with van der Waals surface area (Å²) in [5.41, 5.74) is 0.122. The first kappa shape index (κ1) is 15.1. The number of carboxylic acid groups (broad SMARTS) is 1. The van der Waals surface area contributed by atoms with E-state index in [1.54, 1.807) is 0 Å². The molecule has 0 saturated carbocycles. The number of benzene rings is 2. The molecule has 1 amide bonds. The maximum Gasteiger partial charge on any atom is 0.336 e. The lowest BCUT2D eigenvalue weighted by Gasteiger charge is -2.07. The maximum atomic E-state index is 13.1. The summed E-state index contributed by atoms with van der Waals surface area (Å²) in [4.78, 5) is 22.9. The van der Waals surface area contributed by atoms with Crippen LogP contribution in [0.1, 0.15) is 20.7 Å². The van der Waals surface area contributed by atoms with Crippen molar-refractivity contribution in [2.24, 2.45) is 0 Å². The van der Waals surface area contributed by atoms with E-state index in [0.29, 0.717) is 4.47 Å². The van der Waals surface area contributed by atoms with E-state index in [1.165, 1.54) is 18.2 Å². The number of anilines is 1. The smallest absolute Gasteiger partial charge is 0.336 e. The number of carbonyl (C=O) groups excluding carboxylic acids is 1. The number of hydrogen-bond donors (Lipinski definition) is 2. The van der Waals surface area contributed by atoms with Crippen molar-refractivity contribution in [3.05, 3.63) is 63.6 Å². The fourth-order valence-corrected chi connectivity index (χ4v) is 2.02. The van der Waals surface area contributed by atoms with Gasteiger partial charge in [-0.2, -0.15) is 0 Å². The topological polar surface area (TPSA) is 66.4 Å². The molecule has 0 heterocycles. The van der Waals surface area contributed by atoms with E-state index in [0.717, 1.165) is 18.2 Å². The molecule has 0 aliphatic heterocycles. The predicted octanol–water partition coefficient (Wildman–Crippen LogP) is 3.68. The van der Waals surface area contributed by atoms with Crippen molar-refractivity contribution in [1.82, 2.24) is 0 Å². The van der Waals surface area contributed by atoms with E-state index in [1.807, 2.05) is 0 Å². The van der Waals surface area contributed by atoms with E-state index >= 15 is 0 Å². The molecule has 0 fully saturated rings. The molecule has 2 N–H and O–H groups in total. The largest absolute Gasteiger partial charge is 0.478 e. The molecule has 0 atom stereocenters. The summed E-state index contributed by atoms with van der Waals surface area (Å²) >= 11 is 3.07. The minimum Gasteiger partial charge on any atom is -0.478 e. The van der Waals surface area contributed by atoms with Gasteiger partial charge in [0.2, 0.25) is 0 Å². The molecule has 0 saturated heterocycles. The SMILES string of the molecule is O=C(Nc1ccc(Br)c(C(=O)O)c1)c1ccc(F)c(F)c1. The highest BCUT2D eigenvalue weighted by Crippen LogP contribution is 2.21. The third-order valence-electron chi connectivity index (χ3n) is 2.64. The van der Waals surface area contributed by atoms with Crippen LogP contribution >= 0.6 is 15.9 Å². The molecular formula is C14H8BrF2NO3. The van der Waals surface area contributed by atoms with Crippen molar-refractivity contribution in [3.8, 4) is 0 Å². The van der Waals surface area contributed by atoms with Crippen LogP contribution in [0.2, 0.25) is 0 Å². The fourth-order valence-electron chi connectivity index (χ4n) is 1.61. The minimum absolute atomic E-state index is 0.0295. The van der Waals surface area contributed by atoms with E-state index in [4.69, 9.17) is 5.11 Å². The zero-order valence-electron chi connectivity index (χ0n) is 10.4. The molecule has 2 aromatic rings. The summed E-state index contributed by atoms with van der Waals surface area (Å²) in [6, 6.07) is 6.93. The van der Waals surface area contributed by atoms with Gasteiger partial charge in [-0.1, -0.05) is 0 Å². The Bertz CT molecular complexity index is 734. The van der Waals surface area contributed by atoms with Gasteiger partial charge in [0.05, 0.1) is 5.56 Å². The Morgan fingerprint density at radius 3 is 2.38 bits per heavy atom. The molecular weight excluding hydrogens is 348 g/mol. The average molecular weight is 356 g/mol. The molecule has 0 unspecified atom stereocenters. The lowest BCUT2D eigenvalue weighted by atomic mass is 10.1. The Balaban J connectivity index is 2.25. The van der Waals surface area contributed by atoms with Crippen LogP contribution in [0.4, 0.5) is 14.5 Å². The lowest BCUT2D eigenvalue weighted by Crippen LogP contribution is -2.13. The number of hydrogen-bond acceptors (Lipinski definition) is 2. The van der Waals surface area contributed by atoms with E-state index < -0.39 is 23.5 Å². The van der Waals surface area contributed by atoms with Gasteiger partial charge in [0, 0.05) is 15.7 Å². The van der Waals surface area contributed by atoms with Crippen LogP contribution in [-0.2, 0) is 0 Å². The van der Waals surface area contributed by atoms with Gasteiger partial charge in [-0.3, -0.25) is 4.79 Å². The maximum absolute atomic E-state index is 13.1. The van der Waals surface area contributed by atoms with Gasteiger partial charge in [0.25, 0.3) is 5.91 Å². The molecule has 21 heavy (non-hydrogen) atoms. The Hall–Kier alpha value is -2.28. The van der Waals surface area contributed by atoms with Crippen molar-refractivity contribution in [2.45, 2.75) is 0 Å². The molecule has 0 aliphatic rings. The number of amides is 1. The van der Waals surface area contributed by atoms with Crippen LogP contribution in [0, 0.1) is 11.6 Å². The minimum atomic E-state index is -1.16. The second-order valence-corrected chi connectivity index (χ2v) is 4.94. The van der Waals surface area contributed by atoms with Crippen molar-refractivity contribution in [2.75, 3.05) is 5.32 Å². The normalized spacial score (nSPS) is 10.2. The van der Waals surface area contributed by atoms with Gasteiger partial charge in [0.15, 0.2) is 11.6 Å². The third-order valence-corrected chi connectivity index (χ3v) is 3.33.